The summed E-state index contributed by atoms with van der Waals surface area (Å²) >= 11 is 4.27. The van der Waals surface area contributed by atoms with Crippen LogP contribution in [0.3, 0.4) is 0 Å². The minimum Gasteiger partial charge on any atom is -0.378 e. The molecule has 2 amide bonds. The lowest BCUT2D eigenvalue weighted by Crippen LogP contribution is -2.37. The Morgan fingerprint density at radius 3 is 1.97 bits per heavy atom. The molecular formula is C25H26N6O4S3. The van der Waals surface area contributed by atoms with Crippen molar-refractivity contribution in [3.05, 3.63) is 81.8 Å². The molecule has 2 heterocycles. The Morgan fingerprint density at radius 1 is 0.868 bits per heavy atom. The quantitative estimate of drug-likeness (QED) is 0.188. The van der Waals surface area contributed by atoms with Crippen LogP contribution < -0.4 is 10.6 Å². The Labute approximate surface area is 231 Å². The largest absolute Gasteiger partial charge is 0.378 e. The van der Waals surface area contributed by atoms with Gasteiger partial charge in [0.15, 0.2) is 11.7 Å². The van der Waals surface area contributed by atoms with Crippen molar-refractivity contribution in [2.24, 2.45) is 0 Å². The molecule has 0 spiro atoms. The number of anilines is 2. The van der Waals surface area contributed by atoms with E-state index in [1.54, 1.807) is 60.3 Å². The van der Waals surface area contributed by atoms with E-state index >= 15 is 0 Å². The van der Waals surface area contributed by atoms with Crippen LogP contribution in [0.2, 0.25) is 0 Å². The Balaban J connectivity index is 1.16. The molecule has 10 nitrogen and oxygen atoms in total. The van der Waals surface area contributed by atoms with E-state index in [4.69, 9.17) is 0 Å². The standard InChI is InChI=1S/C25H26N6O4S3/c1-25(35,17-10-6-3-7-11-17)22(34)27-24-31-29-19(38-24)13-15-36-14-12-18-28-30-23(37-18)26-21(33)20(32)16-8-4-2-5-9-16/h2-11,20,32,35H,12-15H2,1H3,(H,26,30,33)(H,27,31,34)/t20-,25?/m0/s1. The number of hydrogen-bond acceptors (Lipinski definition) is 11. The van der Waals surface area contributed by atoms with Crippen LogP contribution >= 0.6 is 34.4 Å². The maximum Gasteiger partial charge on any atom is 0.262 e. The Bertz CT molecular complexity index is 1350. The number of hydrogen-bond donors (Lipinski definition) is 4. The van der Waals surface area contributed by atoms with Crippen molar-refractivity contribution >= 4 is 56.5 Å². The van der Waals surface area contributed by atoms with Crippen molar-refractivity contribution in [3.8, 4) is 0 Å². The first-order valence-electron chi connectivity index (χ1n) is 11.7. The zero-order valence-corrected chi connectivity index (χ0v) is 22.9. The molecule has 38 heavy (non-hydrogen) atoms. The van der Waals surface area contributed by atoms with E-state index in [1.807, 2.05) is 12.1 Å². The number of carbonyl (C=O) groups excluding carboxylic acids is 2. The number of aromatic nitrogens is 4. The number of aliphatic hydroxyl groups is 2. The molecule has 4 aromatic rings. The van der Waals surface area contributed by atoms with Gasteiger partial charge in [-0.1, -0.05) is 83.3 Å². The number of nitrogens with zero attached hydrogens (tertiary/aromatic N) is 4. The Morgan fingerprint density at radius 2 is 1.39 bits per heavy atom. The van der Waals surface area contributed by atoms with Crippen LogP contribution in [0.15, 0.2) is 60.7 Å². The second-order valence-corrected chi connectivity index (χ2v) is 11.7. The minimum atomic E-state index is -1.68. The Kier molecular flexibility index (Phi) is 9.53. The predicted molar refractivity (Wildman–Crippen MR) is 149 cm³/mol. The Hall–Kier alpha value is -3.23. The second-order valence-electron chi connectivity index (χ2n) is 8.31. The lowest BCUT2D eigenvalue weighted by molar-refractivity contribution is -0.133. The molecule has 0 radical (unpaired) electrons. The lowest BCUT2D eigenvalue weighted by Gasteiger charge is -2.21. The van der Waals surface area contributed by atoms with Gasteiger partial charge in [-0.25, -0.2) is 0 Å². The molecule has 0 aliphatic heterocycles. The SMILES string of the molecule is CC(O)(C(=O)Nc1nnc(CCSCCc2nnc(NC(=O)[C@@H](O)c3ccccc3)s2)s1)c1ccccc1. The van der Waals surface area contributed by atoms with Gasteiger partial charge in [-0.15, -0.1) is 20.4 Å². The van der Waals surface area contributed by atoms with Crippen LogP contribution in [0, 0.1) is 0 Å². The highest BCUT2D eigenvalue weighted by Crippen LogP contribution is 2.25. The van der Waals surface area contributed by atoms with Crippen LogP contribution in [0.25, 0.3) is 0 Å². The summed E-state index contributed by atoms with van der Waals surface area (Å²) in [4.78, 5) is 24.8. The van der Waals surface area contributed by atoms with Crippen LogP contribution in [0.4, 0.5) is 10.3 Å². The number of aryl methyl sites for hydroxylation is 2. The molecule has 13 heteroatoms. The second kappa shape index (κ2) is 13.0. The first-order chi connectivity index (χ1) is 18.3. The zero-order chi connectivity index (χ0) is 27.0. The number of thioether (sulfide) groups is 1. The highest BCUT2D eigenvalue weighted by atomic mass is 32.2. The van der Waals surface area contributed by atoms with Crippen LogP contribution in [-0.4, -0.2) is 53.9 Å². The zero-order valence-electron chi connectivity index (χ0n) is 20.4. The third-order valence-corrected chi connectivity index (χ3v) is 8.23. The number of amides is 2. The number of aliphatic hydroxyl groups excluding tert-OH is 1. The highest BCUT2D eigenvalue weighted by molar-refractivity contribution is 7.99. The van der Waals surface area contributed by atoms with E-state index in [0.29, 0.717) is 34.2 Å². The maximum atomic E-state index is 12.6. The van der Waals surface area contributed by atoms with E-state index in [0.717, 1.165) is 21.5 Å². The summed E-state index contributed by atoms with van der Waals surface area (Å²) in [5.41, 5.74) is -0.679. The van der Waals surface area contributed by atoms with Crippen molar-refractivity contribution in [3.63, 3.8) is 0 Å². The smallest absolute Gasteiger partial charge is 0.262 e. The molecule has 0 aliphatic carbocycles. The van der Waals surface area contributed by atoms with Gasteiger partial charge in [-0.05, 0) is 29.6 Å². The fourth-order valence-electron chi connectivity index (χ4n) is 3.30. The van der Waals surface area contributed by atoms with E-state index in [9.17, 15) is 19.8 Å². The average Bonchev–Trinajstić information content (AvgIpc) is 3.58. The summed E-state index contributed by atoms with van der Waals surface area (Å²) in [6.07, 6.45) is 0.0957. The van der Waals surface area contributed by atoms with Gasteiger partial charge in [-0.3, -0.25) is 20.2 Å². The molecule has 0 fully saturated rings. The van der Waals surface area contributed by atoms with Gasteiger partial charge >= 0.3 is 0 Å². The van der Waals surface area contributed by atoms with Crippen molar-refractivity contribution in [1.29, 1.82) is 0 Å². The fraction of sp³-hybridized carbons (Fsp3) is 0.280. The first-order valence-corrected chi connectivity index (χ1v) is 14.5. The molecule has 2 aromatic heterocycles. The predicted octanol–water partition coefficient (Wildman–Crippen LogP) is 3.43. The molecule has 0 saturated heterocycles. The third kappa shape index (κ3) is 7.42. The normalized spacial score (nSPS) is 13.4. The number of benzene rings is 2. The van der Waals surface area contributed by atoms with Crippen LogP contribution in [0.5, 0.6) is 0 Å². The summed E-state index contributed by atoms with van der Waals surface area (Å²) in [6.45, 7) is 1.44. The van der Waals surface area contributed by atoms with Crippen molar-refractivity contribution in [1.82, 2.24) is 20.4 Å². The van der Waals surface area contributed by atoms with Crippen molar-refractivity contribution in [2.45, 2.75) is 31.5 Å². The van der Waals surface area contributed by atoms with Gasteiger partial charge < -0.3 is 10.2 Å². The summed E-state index contributed by atoms with van der Waals surface area (Å²) in [7, 11) is 0. The van der Waals surface area contributed by atoms with Gasteiger partial charge in [-0.2, -0.15) is 11.8 Å². The minimum absolute atomic E-state index is 0.340. The van der Waals surface area contributed by atoms with Crippen LogP contribution in [-0.2, 0) is 28.0 Å². The van der Waals surface area contributed by atoms with E-state index in [1.165, 1.54) is 29.6 Å². The van der Waals surface area contributed by atoms with Crippen LogP contribution in [0.1, 0.15) is 34.2 Å². The highest BCUT2D eigenvalue weighted by Gasteiger charge is 2.33. The number of carbonyl (C=O) groups is 2. The first kappa shape index (κ1) is 27.8. The maximum absolute atomic E-state index is 12.6. The van der Waals surface area contributed by atoms with Crippen molar-refractivity contribution < 1.29 is 19.8 Å². The average molecular weight is 571 g/mol. The molecule has 0 aliphatic rings. The van der Waals surface area contributed by atoms with Gasteiger partial charge in [0.05, 0.1) is 0 Å². The molecular weight excluding hydrogens is 545 g/mol. The number of rotatable bonds is 12. The fourth-order valence-corrected chi connectivity index (χ4v) is 5.92. The van der Waals surface area contributed by atoms with Gasteiger partial charge in [0.1, 0.15) is 10.0 Å². The van der Waals surface area contributed by atoms with E-state index < -0.39 is 23.5 Å². The molecule has 2 aromatic carbocycles. The molecule has 0 bridgehead atoms. The molecule has 198 valence electrons. The van der Waals surface area contributed by atoms with Gasteiger partial charge in [0, 0.05) is 12.8 Å². The molecule has 0 saturated carbocycles. The van der Waals surface area contributed by atoms with E-state index in [2.05, 4.69) is 31.0 Å². The summed E-state index contributed by atoms with van der Waals surface area (Å²) < 4.78 is 0. The molecule has 2 atom stereocenters. The monoisotopic (exact) mass is 570 g/mol. The van der Waals surface area contributed by atoms with E-state index in [-0.39, 0.29) is 0 Å². The third-order valence-electron chi connectivity index (χ3n) is 5.45. The summed E-state index contributed by atoms with van der Waals surface area (Å²) in [5, 5.41) is 44.6. The van der Waals surface area contributed by atoms with Gasteiger partial charge in [0.2, 0.25) is 10.3 Å². The molecule has 4 N–H and O–H groups in total. The summed E-state index contributed by atoms with van der Waals surface area (Å²) in [5.74, 6) is 0.487. The summed E-state index contributed by atoms with van der Waals surface area (Å²) in [6, 6.07) is 17.4. The lowest BCUT2D eigenvalue weighted by atomic mass is 9.95. The topological polar surface area (TPSA) is 150 Å². The molecule has 1 unspecified atom stereocenters. The number of nitrogens with one attached hydrogen (secondary N) is 2. The molecule has 4 rings (SSSR count). The van der Waals surface area contributed by atoms with Crippen molar-refractivity contribution in [2.75, 3.05) is 22.1 Å². The van der Waals surface area contributed by atoms with Gasteiger partial charge in [0.25, 0.3) is 11.8 Å².